The van der Waals surface area contributed by atoms with Gasteiger partial charge in [-0.15, -0.1) is 11.3 Å². The van der Waals surface area contributed by atoms with Crippen molar-refractivity contribution in [1.82, 2.24) is 4.98 Å². The number of nitrogens with zero attached hydrogens (tertiary/aromatic N) is 2. The third-order valence-corrected chi connectivity index (χ3v) is 5.38. The number of hydrogen-bond acceptors (Lipinski definition) is 5. The van der Waals surface area contributed by atoms with Crippen LogP contribution in [0.3, 0.4) is 0 Å². The van der Waals surface area contributed by atoms with Crippen LogP contribution in [0, 0.1) is 0 Å². The zero-order valence-corrected chi connectivity index (χ0v) is 18.7. The van der Waals surface area contributed by atoms with Crippen molar-refractivity contribution < 1.29 is 14.3 Å². The summed E-state index contributed by atoms with van der Waals surface area (Å²) in [5.41, 5.74) is 1.99. The van der Waals surface area contributed by atoms with Gasteiger partial charge in [0.2, 0.25) is 11.8 Å². The van der Waals surface area contributed by atoms with E-state index >= 15 is 0 Å². The predicted octanol–water partition coefficient (Wildman–Crippen LogP) is 6.27. The number of ether oxygens (including phenoxy) is 1. The molecular weight excluding hydrogens is 434 g/mol. The van der Waals surface area contributed by atoms with E-state index in [2.05, 4.69) is 10.3 Å². The van der Waals surface area contributed by atoms with E-state index in [1.54, 1.807) is 40.6 Å². The Morgan fingerprint density at radius 3 is 2.21 bits per heavy atom. The summed E-state index contributed by atoms with van der Waals surface area (Å²) in [6.45, 7) is 1.49. The van der Waals surface area contributed by atoms with Crippen molar-refractivity contribution >= 4 is 45.7 Å². The number of carbonyl (C=O) groups excluding carboxylic acids is 2. The van der Waals surface area contributed by atoms with Gasteiger partial charge >= 0.3 is 0 Å². The molecule has 0 unspecified atom stereocenters. The molecule has 4 aromatic rings. The van der Waals surface area contributed by atoms with E-state index in [0.717, 1.165) is 11.4 Å². The maximum Gasteiger partial charge on any atom is 0.248 e. The van der Waals surface area contributed by atoms with Crippen LogP contribution in [0.5, 0.6) is 11.5 Å². The van der Waals surface area contributed by atoms with Gasteiger partial charge in [-0.3, -0.25) is 14.5 Å². The lowest BCUT2D eigenvalue weighted by Gasteiger charge is -2.17. The van der Waals surface area contributed by atoms with Gasteiger partial charge in [-0.05, 0) is 54.6 Å². The lowest BCUT2D eigenvalue weighted by Crippen LogP contribution is -2.22. The number of thiazole rings is 1. The van der Waals surface area contributed by atoms with Crippen LogP contribution >= 0.6 is 11.3 Å². The highest BCUT2D eigenvalue weighted by molar-refractivity contribution is 7.14. The molecule has 0 spiro atoms. The zero-order valence-electron chi connectivity index (χ0n) is 17.8. The maximum atomic E-state index is 12.3. The number of nitrogens with one attached hydrogen (secondary N) is 1. The molecule has 0 aliphatic rings. The summed E-state index contributed by atoms with van der Waals surface area (Å²) in [5.74, 6) is 1.00. The Kier molecular flexibility index (Phi) is 6.92. The quantitative estimate of drug-likeness (QED) is 0.333. The molecule has 33 heavy (non-hydrogen) atoms. The topological polar surface area (TPSA) is 71.5 Å². The molecule has 0 saturated carbocycles. The second-order valence-corrected chi connectivity index (χ2v) is 7.84. The summed E-state index contributed by atoms with van der Waals surface area (Å²) in [4.78, 5) is 30.5. The highest BCUT2D eigenvalue weighted by Gasteiger charge is 2.17. The number of benzene rings is 3. The van der Waals surface area contributed by atoms with E-state index in [0.29, 0.717) is 22.3 Å². The highest BCUT2D eigenvalue weighted by atomic mass is 32.1. The molecule has 1 aromatic heterocycles. The Labute approximate surface area is 195 Å². The fourth-order valence-corrected chi connectivity index (χ4v) is 3.89. The second kappa shape index (κ2) is 10.4. The summed E-state index contributed by atoms with van der Waals surface area (Å²) < 4.78 is 5.75. The molecule has 4 rings (SSSR count). The van der Waals surface area contributed by atoms with Crippen molar-refractivity contribution in [2.24, 2.45) is 0 Å². The molecule has 3 aromatic carbocycles. The number of anilines is 3. The summed E-state index contributed by atoms with van der Waals surface area (Å²) in [7, 11) is 0. The summed E-state index contributed by atoms with van der Waals surface area (Å²) >= 11 is 1.34. The van der Waals surface area contributed by atoms with E-state index < -0.39 is 0 Å². The van der Waals surface area contributed by atoms with Gasteiger partial charge in [-0.25, -0.2) is 4.98 Å². The third-order valence-electron chi connectivity index (χ3n) is 4.54. The normalized spacial score (nSPS) is 10.7. The number of carbonyl (C=O) groups is 2. The number of rotatable bonds is 7. The van der Waals surface area contributed by atoms with E-state index in [1.807, 2.05) is 60.7 Å². The Morgan fingerprint density at radius 2 is 1.55 bits per heavy atom. The molecule has 0 aliphatic heterocycles. The van der Waals surface area contributed by atoms with Crippen LogP contribution in [0.4, 0.5) is 16.5 Å². The monoisotopic (exact) mass is 455 g/mol. The van der Waals surface area contributed by atoms with E-state index in [1.165, 1.54) is 24.3 Å². The number of aromatic nitrogens is 1. The fourth-order valence-electron chi connectivity index (χ4n) is 3.04. The van der Waals surface area contributed by atoms with Crippen LogP contribution in [0.2, 0.25) is 0 Å². The van der Waals surface area contributed by atoms with Crippen molar-refractivity contribution in [2.45, 2.75) is 6.92 Å². The molecule has 0 saturated heterocycles. The molecule has 0 radical (unpaired) electrons. The number of para-hydroxylation sites is 2. The number of hydrogen-bond donors (Lipinski definition) is 1. The van der Waals surface area contributed by atoms with Gasteiger partial charge in [0.15, 0.2) is 5.13 Å². The Balaban J connectivity index is 1.37. The van der Waals surface area contributed by atoms with Crippen LogP contribution in [0.1, 0.15) is 12.6 Å². The van der Waals surface area contributed by atoms with Crippen molar-refractivity contribution in [3.63, 3.8) is 0 Å². The van der Waals surface area contributed by atoms with Gasteiger partial charge < -0.3 is 10.1 Å². The second-order valence-electron chi connectivity index (χ2n) is 7.01. The molecule has 164 valence electrons. The smallest absolute Gasteiger partial charge is 0.248 e. The molecule has 7 heteroatoms. The van der Waals surface area contributed by atoms with Gasteiger partial charge in [0.25, 0.3) is 0 Å². The SMILES string of the molecule is CC(=O)N(c1ccccc1)c1nc(/C=C/C(=O)Nc2ccc(Oc3ccccc3)cc2)cs1. The first kappa shape index (κ1) is 22.0. The third kappa shape index (κ3) is 5.93. The predicted molar refractivity (Wildman–Crippen MR) is 132 cm³/mol. The maximum absolute atomic E-state index is 12.3. The summed E-state index contributed by atoms with van der Waals surface area (Å²) in [6.07, 6.45) is 3.03. The van der Waals surface area contributed by atoms with Crippen molar-refractivity contribution in [1.29, 1.82) is 0 Å². The van der Waals surface area contributed by atoms with Gasteiger partial charge in [-0.2, -0.15) is 0 Å². The first-order valence-corrected chi connectivity index (χ1v) is 11.1. The number of amides is 2. The minimum atomic E-state index is -0.284. The fraction of sp³-hybridized carbons (Fsp3) is 0.0385. The van der Waals surface area contributed by atoms with Gasteiger partial charge in [0.1, 0.15) is 11.5 Å². The minimum absolute atomic E-state index is 0.136. The van der Waals surface area contributed by atoms with Gasteiger partial charge in [-0.1, -0.05) is 36.4 Å². The van der Waals surface area contributed by atoms with Crippen molar-refractivity contribution in [3.8, 4) is 11.5 Å². The Hall–Kier alpha value is -4.23. The van der Waals surface area contributed by atoms with Crippen LogP contribution in [0.25, 0.3) is 6.08 Å². The minimum Gasteiger partial charge on any atom is -0.457 e. The standard InChI is InChI=1S/C26H21N3O3S/c1-19(30)29(22-8-4-2-5-9-22)26-28-21(18-33-26)14-17-25(31)27-20-12-15-24(16-13-20)32-23-10-6-3-7-11-23/h2-18H,1H3,(H,27,31)/b17-14+. The molecule has 6 nitrogen and oxygen atoms in total. The zero-order chi connectivity index (χ0) is 23.0. The van der Waals surface area contributed by atoms with Crippen molar-refractivity contribution in [3.05, 3.63) is 102 Å². The van der Waals surface area contributed by atoms with Crippen molar-refractivity contribution in [2.75, 3.05) is 10.2 Å². The molecule has 2 amide bonds. The van der Waals surface area contributed by atoms with Crippen LogP contribution in [-0.4, -0.2) is 16.8 Å². The Bertz CT molecular complexity index is 1250. The molecule has 0 bridgehead atoms. The summed E-state index contributed by atoms with van der Waals surface area (Å²) in [5, 5.41) is 5.15. The largest absolute Gasteiger partial charge is 0.457 e. The lowest BCUT2D eigenvalue weighted by molar-refractivity contribution is -0.116. The van der Waals surface area contributed by atoms with Crippen LogP contribution in [0.15, 0.2) is 96.4 Å². The molecular formula is C26H21N3O3S. The molecule has 1 N–H and O–H groups in total. The van der Waals surface area contributed by atoms with Crippen LogP contribution in [-0.2, 0) is 9.59 Å². The molecule has 0 fully saturated rings. The summed E-state index contributed by atoms with van der Waals surface area (Å²) in [6, 6.07) is 25.9. The average molecular weight is 456 g/mol. The lowest BCUT2D eigenvalue weighted by atomic mass is 10.3. The highest BCUT2D eigenvalue weighted by Crippen LogP contribution is 2.29. The van der Waals surface area contributed by atoms with E-state index in [-0.39, 0.29) is 11.8 Å². The first-order valence-electron chi connectivity index (χ1n) is 10.2. The average Bonchev–Trinajstić information content (AvgIpc) is 3.29. The molecule has 0 aliphatic carbocycles. The molecule has 0 atom stereocenters. The van der Waals surface area contributed by atoms with E-state index in [9.17, 15) is 9.59 Å². The van der Waals surface area contributed by atoms with E-state index in [4.69, 9.17) is 4.74 Å². The van der Waals surface area contributed by atoms with Gasteiger partial charge in [0, 0.05) is 24.1 Å². The van der Waals surface area contributed by atoms with Gasteiger partial charge in [0.05, 0.1) is 11.4 Å². The Morgan fingerprint density at radius 1 is 0.909 bits per heavy atom. The van der Waals surface area contributed by atoms with Crippen LogP contribution < -0.4 is 15.0 Å². The first-order chi connectivity index (χ1) is 16.1. The molecule has 1 heterocycles.